The largest absolute Gasteiger partial charge is 0.144 e. The van der Waals surface area contributed by atoms with Crippen LogP contribution in [0.3, 0.4) is 0 Å². The van der Waals surface area contributed by atoms with Gasteiger partial charge in [-0.25, -0.2) is 0 Å². The first kappa shape index (κ1) is 4.64. The maximum Gasteiger partial charge on any atom is 0.144 e. The van der Waals surface area contributed by atoms with Gasteiger partial charge in [0, 0.05) is 0 Å². The summed E-state index contributed by atoms with van der Waals surface area (Å²) in [6.45, 7) is 0. The molecular weight excluding hydrogens is 93.7 g/mol. The third-order valence-corrected chi connectivity index (χ3v) is 0. The average molecular weight is 96.8 g/mol. The Labute approximate surface area is 36.5 Å². The molecule has 0 fully saturated rings. The molecule has 0 aliphatic rings. The van der Waals surface area contributed by atoms with Crippen LogP contribution in [0.2, 0.25) is 0 Å². The van der Waals surface area contributed by atoms with Crippen LogP contribution in [-0.2, 0) is 0 Å². The molecule has 0 aliphatic carbocycles. The molecule has 4 heavy (non-hydrogen) atoms. The maximum absolute atomic E-state index is 5.04. The summed E-state index contributed by atoms with van der Waals surface area (Å²) < 4.78 is -0.222. The summed E-state index contributed by atoms with van der Waals surface area (Å²) in [6.07, 6.45) is 0. The van der Waals surface area contributed by atoms with Crippen molar-refractivity contribution in [3.8, 4) is 0 Å². The van der Waals surface area contributed by atoms with Crippen molar-refractivity contribution in [3.63, 3.8) is 0 Å². The standard InChI is InChI=1S/CH3BCl2/c2-1(3)4/h1H,2H2. The molecular formula is CH3BCl2. The van der Waals surface area contributed by atoms with Gasteiger partial charge < -0.3 is 0 Å². The Balaban J connectivity index is 2.32. The smallest absolute Gasteiger partial charge is 0.116 e. The molecule has 0 spiro atoms. The van der Waals surface area contributed by atoms with Gasteiger partial charge in [-0.2, -0.15) is 0 Å². The molecule has 0 rings (SSSR count). The van der Waals surface area contributed by atoms with Gasteiger partial charge in [0.15, 0.2) is 0 Å². The summed E-state index contributed by atoms with van der Waals surface area (Å²) >= 11 is 10.1. The van der Waals surface area contributed by atoms with E-state index >= 15 is 0 Å². The van der Waals surface area contributed by atoms with Gasteiger partial charge in [-0.05, 0) is 0 Å². The highest BCUT2D eigenvalue weighted by molar-refractivity contribution is 6.60. The number of hydrogen-bond acceptors (Lipinski definition) is 0. The van der Waals surface area contributed by atoms with Gasteiger partial charge in [0.2, 0.25) is 0 Å². The van der Waals surface area contributed by atoms with E-state index in [1.54, 1.807) is 7.85 Å². The van der Waals surface area contributed by atoms with Gasteiger partial charge in [0.1, 0.15) is 7.85 Å². The summed E-state index contributed by atoms with van der Waals surface area (Å²) in [5.74, 6) is 0. The van der Waals surface area contributed by atoms with Crippen LogP contribution in [0.1, 0.15) is 0 Å². The minimum absolute atomic E-state index is 0.222. The van der Waals surface area contributed by atoms with Crippen molar-refractivity contribution >= 4 is 31.0 Å². The van der Waals surface area contributed by atoms with Crippen LogP contribution in [0, 0.1) is 0 Å². The second kappa shape index (κ2) is 1.92. The molecule has 0 aromatic rings. The molecule has 0 atom stereocenters. The SMILES string of the molecule is BC(Cl)Cl. The van der Waals surface area contributed by atoms with Crippen molar-refractivity contribution in [2.45, 2.75) is 4.74 Å². The normalized spacial score (nSPS) is 8.75. The highest BCUT2D eigenvalue weighted by Crippen LogP contribution is 1.90. The van der Waals surface area contributed by atoms with E-state index in [1.165, 1.54) is 0 Å². The molecule has 0 heterocycles. The lowest BCUT2D eigenvalue weighted by molar-refractivity contribution is 1.96. The zero-order chi connectivity index (χ0) is 3.58. The van der Waals surface area contributed by atoms with Crippen molar-refractivity contribution < 1.29 is 0 Å². The number of rotatable bonds is 0. The van der Waals surface area contributed by atoms with Crippen molar-refractivity contribution in [1.82, 2.24) is 0 Å². The van der Waals surface area contributed by atoms with Gasteiger partial charge >= 0.3 is 0 Å². The average Bonchev–Trinajstić information content (AvgIpc) is 0.811. The van der Waals surface area contributed by atoms with Crippen molar-refractivity contribution in [2.75, 3.05) is 0 Å². The summed E-state index contributed by atoms with van der Waals surface area (Å²) in [4.78, 5) is 0. The lowest BCUT2D eigenvalue weighted by Gasteiger charge is -1.71. The Morgan fingerprint density at radius 1 is 1.50 bits per heavy atom. The minimum atomic E-state index is -0.222. The lowest BCUT2D eigenvalue weighted by Crippen LogP contribution is -1.75. The minimum Gasteiger partial charge on any atom is -0.116 e. The van der Waals surface area contributed by atoms with Crippen LogP contribution in [-0.4, -0.2) is 12.6 Å². The molecule has 0 saturated carbocycles. The van der Waals surface area contributed by atoms with Gasteiger partial charge in [-0.1, -0.05) is 0 Å². The summed E-state index contributed by atoms with van der Waals surface area (Å²) in [5, 5.41) is 0. The maximum atomic E-state index is 5.04. The van der Waals surface area contributed by atoms with Gasteiger partial charge in [0.25, 0.3) is 0 Å². The highest BCUT2D eigenvalue weighted by atomic mass is 35.5. The Kier molecular flexibility index (Phi) is 2.23. The zero-order valence-corrected chi connectivity index (χ0v) is 3.85. The molecule has 0 aliphatic heterocycles. The number of halogens is 2. The Bertz CT molecular complexity index is 10.8. The first-order valence-electron chi connectivity index (χ1n) is 1.01. The molecule has 0 amide bonds. The molecule has 0 nitrogen and oxygen atoms in total. The van der Waals surface area contributed by atoms with E-state index < -0.39 is 0 Å². The van der Waals surface area contributed by atoms with Crippen LogP contribution < -0.4 is 0 Å². The molecule has 0 N–H and O–H groups in total. The number of hydrogen-bond donors (Lipinski definition) is 0. The van der Waals surface area contributed by atoms with Crippen LogP contribution in [0.25, 0.3) is 0 Å². The van der Waals surface area contributed by atoms with E-state index in [4.69, 9.17) is 23.2 Å². The van der Waals surface area contributed by atoms with Crippen molar-refractivity contribution in [3.05, 3.63) is 0 Å². The van der Waals surface area contributed by atoms with Crippen LogP contribution >= 0.6 is 23.2 Å². The van der Waals surface area contributed by atoms with Gasteiger partial charge in [0.05, 0.1) is 4.74 Å². The topological polar surface area (TPSA) is 0 Å². The fraction of sp³-hybridized carbons (Fsp3) is 1.00. The molecule has 0 bridgehead atoms. The molecule has 24 valence electrons. The van der Waals surface area contributed by atoms with Crippen molar-refractivity contribution in [1.29, 1.82) is 0 Å². The third-order valence-electron chi connectivity index (χ3n) is 0. The van der Waals surface area contributed by atoms with Gasteiger partial charge in [-0.15, -0.1) is 23.2 Å². The first-order chi connectivity index (χ1) is 1.73. The summed E-state index contributed by atoms with van der Waals surface area (Å²) in [6, 6.07) is 0. The number of alkyl halides is 2. The van der Waals surface area contributed by atoms with E-state index in [0.29, 0.717) is 0 Å². The highest BCUT2D eigenvalue weighted by Gasteiger charge is 1.76. The quantitative estimate of drug-likeness (QED) is 0.302. The molecule has 0 aromatic heterocycles. The van der Waals surface area contributed by atoms with Gasteiger partial charge in [-0.3, -0.25) is 0 Å². The Morgan fingerprint density at radius 2 is 1.50 bits per heavy atom. The van der Waals surface area contributed by atoms with E-state index in [-0.39, 0.29) is 4.74 Å². The second-order valence-electron chi connectivity index (χ2n) is 0.519. The Morgan fingerprint density at radius 3 is 1.50 bits per heavy atom. The van der Waals surface area contributed by atoms with Crippen LogP contribution in [0.5, 0.6) is 0 Å². The second-order valence-corrected chi connectivity index (χ2v) is 2.05. The van der Waals surface area contributed by atoms with E-state index in [1.807, 2.05) is 0 Å². The predicted molar refractivity (Wildman–Crippen MR) is 24.0 cm³/mol. The predicted octanol–water partition coefficient (Wildman–Crippen LogP) is 0.381. The summed E-state index contributed by atoms with van der Waals surface area (Å²) in [5.41, 5.74) is 0. The fourth-order valence-corrected chi connectivity index (χ4v) is 0. The zero-order valence-electron chi connectivity index (χ0n) is 2.33. The van der Waals surface area contributed by atoms with E-state index in [9.17, 15) is 0 Å². The van der Waals surface area contributed by atoms with Crippen molar-refractivity contribution in [2.24, 2.45) is 0 Å². The monoisotopic (exact) mass is 96.0 g/mol. The van der Waals surface area contributed by atoms with E-state index in [2.05, 4.69) is 0 Å². The fourth-order valence-electron chi connectivity index (χ4n) is 0. The van der Waals surface area contributed by atoms with Crippen LogP contribution in [0.15, 0.2) is 0 Å². The molecule has 0 radical (unpaired) electrons. The van der Waals surface area contributed by atoms with E-state index in [0.717, 1.165) is 0 Å². The van der Waals surface area contributed by atoms with Crippen LogP contribution in [0.4, 0.5) is 0 Å². The summed E-state index contributed by atoms with van der Waals surface area (Å²) in [7, 11) is 1.70. The molecule has 0 saturated heterocycles. The molecule has 3 heteroatoms. The molecule has 0 aromatic carbocycles. The lowest BCUT2D eigenvalue weighted by atomic mass is 10.2. The molecule has 0 unspecified atom stereocenters. The Hall–Kier alpha value is 0.645. The first-order valence-corrected chi connectivity index (χ1v) is 1.89. The third kappa shape index (κ3) is 17.2.